The molecule has 2 aromatic rings. The number of fused-ring (bicyclic) bond motifs is 1. The van der Waals surface area contributed by atoms with Crippen LogP contribution in [-0.2, 0) is 0 Å². The minimum Gasteiger partial charge on any atom is -0.490 e. The first kappa shape index (κ1) is 13.2. The van der Waals surface area contributed by atoms with Crippen molar-refractivity contribution in [1.82, 2.24) is 15.5 Å². The van der Waals surface area contributed by atoms with Crippen molar-refractivity contribution in [2.75, 3.05) is 6.61 Å². The van der Waals surface area contributed by atoms with Crippen LogP contribution in [0.25, 0.3) is 0 Å². The average molecular weight is 336 g/mol. The summed E-state index contributed by atoms with van der Waals surface area (Å²) in [5.74, 6) is 0.688. The highest BCUT2D eigenvalue weighted by molar-refractivity contribution is 9.10. The Labute approximate surface area is 124 Å². The van der Waals surface area contributed by atoms with Crippen molar-refractivity contribution in [1.29, 1.82) is 0 Å². The molecule has 0 fully saturated rings. The monoisotopic (exact) mass is 335 g/mol. The maximum Gasteiger partial charge on any atom is 0.271 e. The Balaban J connectivity index is 1.84. The third kappa shape index (κ3) is 2.10. The fraction of sp³-hybridized carbons (Fsp3) is 0.286. The lowest BCUT2D eigenvalue weighted by Gasteiger charge is -2.11. The zero-order chi connectivity index (χ0) is 14.3. The molecule has 2 N–H and O–H groups in total. The Bertz CT molecular complexity index is 681. The number of hydrogen-bond acceptors (Lipinski definition) is 3. The number of amides is 1. The molecular weight excluding hydrogens is 322 g/mol. The first-order valence-corrected chi connectivity index (χ1v) is 7.10. The van der Waals surface area contributed by atoms with Gasteiger partial charge in [-0.2, -0.15) is 5.10 Å². The van der Waals surface area contributed by atoms with E-state index in [4.69, 9.17) is 4.74 Å². The van der Waals surface area contributed by atoms with Crippen LogP contribution in [0.5, 0.6) is 5.75 Å². The van der Waals surface area contributed by atoms with Gasteiger partial charge in [0, 0.05) is 5.56 Å². The number of hydrogen-bond donors (Lipinski definition) is 2. The normalized spacial score (nSPS) is 16.6. The molecule has 3 rings (SSSR count). The quantitative estimate of drug-likeness (QED) is 0.886. The average Bonchev–Trinajstić information content (AvgIpc) is 3.01. The summed E-state index contributed by atoms with van der Waals surface area (Å²) in [7, 11) is 0. The highest BCUT2D eigenvalue weighted by Gasteiger charge is 2.28. The number of carbonyl (C=O) groups is 1. The van der Waals surface area contributed by atoms with E-state index in [1.807, 2.05) is 26.0 Å². The van der Waals surface area contributed by atoms with Gasteiger partial charge in [0.25, 0.3) is 5.91 Å². The van der Waals surface area contributed by atoms with Gasteiger partial charge in [-0.15, -0.1) is 0 Å². The van der Waals surface area contributed by atoms with Crippen molar-refractivity contribution in [2.45, 2.75) is 19.9 Å². The summed E-state index contributed by atoms with van der Waals surface area (Å²) in [6, 6.07) is 3.93. The maximum absolute atomic E-state index is 12.2. The van der Waals surface area contributed by atoms with Crippen molar-refractivity contribution in [3.8, 4) is 5.75 Å². The van der Waals surface area contributed by atoms with E-state index in [1.54, 1.807) is 6.20 Å². The number of carbonyl (C=O) groups excluding carboxylic acids is 1. The van der Waals surface area contributed by atoms with E-state index in [-0.39, 0.29) is 11.9 Å². The van der Waals surface area contributed by atoms with Gasteiger partial charge < -0.3 is 10.1 Å². The van der Waals surface area contributed by atoms with Crippen LogP contribution in [0.1, 0.15) is 33.2 Å². The Morgan fingerprint density at radius 3 is 3.00 bits per heavy atom. The van der Waals surface area contributed by atoms with Crippen LogP contribution >= 0.6 is 15.9 Å². The van der Waals surface area contributed by atoms with Gasteiger partial charge in [-0.1, -0.05) is 12.1 Å². The highest BCUT2D eigenvalue weighted by atomic mass is 79.9. The topological polar surface area (TPSA) is 67.0 Å². The number of benzene rings is 1. The molecule has 104 valence electrons. The molecule has 0 spiro atoms. The van der Waals surface area contributed by atoms with E-state index in [0.717, 1.165) is 16.9 Å². The van der Waals surface area contributed by atoms with Crippen LogP contribution in [0, 0.1) is 13.8 Å². The zero-order valence-corrected chi connectivity index (χ0v) is 12.7. The number of rotatable bonds is 2. The highest BCUT2D eigenvalue weighted by Crippen LogP contribution is 2.36. The third-order valence-electron chi connectivity index (χ3n) is 3.60. The van der Waals surface area contributed by atoms with Gasteiger partial charge in [-0.3, -0.25) is 9.89 Å². The van der Waals surface area contributed by atoms with E-state index >= 15 is 0 Å². The number of nitrogens with zero attached hydrogens (tertiary/aromatic N) is 1. The van der Waals surface area contributed by atoms with Gasteiger partial charge in [0.2, 0.25) is 0 Å². The lowest BCUT2D eigenvalue weighted by molar-refractivity contribution is 0.0924. The Morgan fingerprint density at radius 1 is 1.50 bits per heavy atom. The molecular formula is C14H14BrN3O2. The number of H-pyrrole nitrogens is 1. The molecule has 0 saturated heterocycles. The maximum atomic E-state index is 12.2. The zero-order valence-electron chi connectivity index (χ0n) is 11.2. The Morgan fingerprint density at radius 2 is 2.30 bits per heavy atom. The van der Waals surface area contributed by atoms with E-state index in [9.17, 15) is 4.79 Å². The van der Waals surface area contributed by atoms with Crippen LogP contribution in [0.2, 0.25) is 0 Å². The second-order valence-corrected chi connectivity index (χ2v) is 5.71. The van der Waals surface area contributed by atoms with E-state index in [2.05, 4.69) is 31.4 Å². The van der Waals surface area contributed by atoms with Crippen LogP contribution in [0.4, 0.5) is 0 Å². The molecule has 0 saturated carbocycles. The van der Waals surface area contributed by atoms with Gasteiger partial charge >= 0.3 is 0 Å². The molecule has 1 atom stereocenters. The molecule has 2 heterocycles. The fourth-order valence-corrected chi connectivity index (χ4v) is 2.69. The molecule has 0 aliphatic carbocycles. The molecule has 0 bridgehead atoms. The third-order valence-corrected chi connectivity index (χ3v) is 4.20. The molecule has 1 aromatic heterocycles. The lowest BCUT2D eigenvalue weighted by atomic mass is 10.0. The first-order valence-electron chi connectivity index (χ1n) is 6.30. The molecule has 1 amide bonds. The number of halogens is 1. The number of nitrogens with one attached hydrogen (secondary N) is 2. The number of aromatic amines is 1. The van der Waals surface area contributed by atoms with Crippen molar-refractivity contribution < 1.29 is 9.53 Å². The minimum atomic E-state index is -0.200. The standard InChI is InChI=1S/C14H14BrN3O2/c1-7-3-4-9-11(6-20-13(9)8(7)2)17-14(19)12-10(15)5-16-18-12/h3-5,11H,6H2,1-2H3,(H,16,18)(H,17,19)/t11-/m0/s1. The second-order valence-electron chi connectivity index (χ2n) is 4.86. The van der Waals surface area contributed by atoms with Crippen molar-refractivity contribution in [2.24, 2.45) is 0 Å². The molecule has 1 aromatic carbocycles. The molecule has 0 unspecified atom stereocenters. The van der Waals surface area contributed by atoms with Gasteiger partial charge in [0.05, 0.1) is 16.7 Å². The lowest BCUT2D eigenvalue weighted by Crippen LogP contribution is -2.29. The van der Waals surface area contributed by atoms with Gasteiger partial charge in [-0.05, 0) is 40.9 Å². The SMILES string of the molecule is Cc1ccc2c(c1C)OC[C@@H]2NC(=O)c1[nH]ncc1Br. The van der Waals surface area contributed by atoms with Crippen LogP contribution < -0.4 is 10.1 Å². The van der Waals surface area contributed by atoms with Gasteiger partial charge in [0.1, 0.15) is 18.1 Å². The van der Waals surface area contributed by atoms with Crippen molar-refractivity contribution in [3.05, 3.63) is 45.2 Å². The van der Waals surface area contributed by atoms with Gasteiger partial charge in [-0.25, -0.2) is 0 Å². The predicted octanol–water partition coefficient (Wildman–Crippen LogP) is 2.65. The van der Waals surface area contributed by atoms with Crippen molar-refractivity contribution in [3.63, 3.8) is 0 Å². The summed E-state index contributed by atoms with van der Waals surface area (Å²) in [6.07, 6.45) is 1.56. The molecule has 5 nitrogen and oxygen atoms in total. The Hall–Kier alpha value is -1.82. The number of aromatic nitrogens is 2. The first-order chi connectivity index (χ1) is 9.58. The minimum absolute atomic E-state index is 0.132. The molecule has 1 aliphatic rings. The van der Waals surface area contributed by atoms with Crippen LogP contribution in [0.3, 0.4) is 0 Å². The van der Waals surface area contributed by atoms with E-state index in [1.165, 1.54) is 5.56 Å². The molecule has 0 radical (unpaired) electrons. The van der Waals surface area contributed by atoms with E-state index < -0.39 is 0 Å². The van der Waals surface area contributed by atoms with Crippen LogP contribution in [0.15, 0.2) is 22.8 Å². The summed E-state index contributed by atoms with van der Waals surface area (Å²) in [4.78, 5) is 12.2. The smallest absolute Gasteiger partial charge is 0.271 e. The van der Waals surface area contributed by atoms with E-state index in [0.29, 0.717) is 16.8 Å². The van der Waals surface area contributed by atoms with Crippen molar-refractivity contribution >= 4 is 21.8 Å². The fourth-order valence-electron chi connectivity index (χ4n) is 2.31. The van der Waals surface area contributed by atoms with Crippen LogP contribution in [-0.4, -0.2) is 22.7 Å². The number of ether oxygens (including phenoxy) is 1. The summed E-state index contributed by atoms with van der Waals surface area (Å²) >= 11 is 3.28. The van der Waals surface area contributed by atoms with Gasteiger partial charge in [0.15, 0.2) is 0 Å². The molecule has 20 heavy (non-hydrogen) atoms. The summed E-state index contributed by atoms with van der Waals surface area (Å²) in [6.45, 7) is 4.54. The molecule has 1 aliphatic heterocycles. The predicted molar refractivity (Wildman–Crippen MR) is 77.9 cm³/mol. The largest absolute Gasteiger partial charge is 0.490 e. The second kappa shape index (κ2) is 4.94. The summed E-state index contributed by atoms with van der Waals surface area (Å²) in [5.41, 5.74) is 3.76. The Kier molecular flexibility index (Phi) is 3.25. The number of aryl methyl sites for hydroxylation is 1. The summed E-state index contributed by atoms with van der Waals surface area (Å²) in [5, 5.41) is 9.46. The molecule has 6 heteroatoms. The summed E-state index contributed by atoms with van der Waals surface area (Å²) < 4.78 is 6.37.